The van der Waals surface area contributed by atoms with Crippen molar-refractivity contribution in [3.8, 4) is 0 Å². The van der Waals surface area contributed by atoms with Crippen LogP contribution in [0, 0.1) is 0 Å². The molecule has 14 heavy (non-hydrogen) atoms. The zero-order chi connectivity index (χ0) is 10.7. The van der Waals surface area contributed by atoms with E-state index in [1.807, 2.05) is 32.2 Å². The molecule has 0 unspecified atom stereocenters. The highest BCUT2D eigenvalue weighted by Crippen LogP contribution is 2.27. The number of nitrogens with two attached hydrogens (primary N) is 1. The standard InChI is InChI=1S/C11H17ClN2/c1-4-14(3)11-6-5-9(8(2)13)7-10(11)12/h5-8H,4,13H2,1-3H3/t8-/m0/s1. The van der Waals surface area contributed by atoms with E-state index < -0.39 is 0 Å². The third-order valence-corrected chi connectivity index (χ3v) is 2.69. The van der Waals surface area contributed by atoms with Gasteiger partial charge >= 0.3 is 0 Å². The van der Waals surface area contributed by atoms with Gasteiger partial charge in [0.1, 0.15) is 0 Å². The second-order valence-corrected chi connectivity index (χ2v) is 3.92. The van der Waals surface area contributed by atoms with Crippen molar-refractivity contribution in [3.05, 3.63) is 28.8 Å². The molecule has 1 rings (SSSR count). The van der Waals surface area contributed by atoms with E-state index in [0.29, 0.717) is 0 Å². The molecule has 0 aromatic heterocycles. The first-order valence-corrected chi connectivity index (χ1v) is 5.20. The smallest absolute Gasteiger partial charge is 0.0642 e. The Morgan fingerprint density at radius 2 is 2.14 bits per heavy atom. The lowest BCUT2D eigenvalue weighted by Gasteiger charge is -2.19. The number of hydrogen-bond donors (Lipinski definition) is 1. The number of rotatable bonds is 3. The van der Waals surface area contributed by atoms with E-state index in [9.17, 15) is 0 Å². The fraction of sp³-hybridized carbons (Fsp3) is 0.455. The number of hydrogen-bond acceptors (Lipinski definition) is 2. The second kappa shape index (κ2) is 4.67. The van der Waals surface area contributed by atoms with Crippen LogP contribution < -0.4 is 10.6 Å². The summed E-state index contributed by atoms with van der Waals surface area (Å²) >= 11 is 6.15. The third-order valence-electron chi connectivity index (χ3n) is 2.38. The number of benzene rings is 1. The van der Waals surface area contributed by atoms with Gasteiger partial charge in [0.2, 0.25) is 0 Å². The molecular formula is C11H17ClN2. The first kappa shape index (κ1) is 11.3. The lowest BCUT2D eigenvalue weighted by Crippen LogP contribution is -2.16. The minimum Gasteiger partial charge on any atom is -0.374 e. The molecule has 0 radical (unpaired) electrons. The average molecular weight is 213 g/mol. The van der Waals surface area contributed by atoms with Crippen LogP contribution in [-0.2, 0) is 0 Å². The summed E-state index contributed by atoms with van der Waals surface area (Å²) in [5, 5.41) is 0.768. The van der Waals surface area contributed by atoms with Crippen LogP contribution in [-0.4, -0.2) is 13.6 Å². The van der Waals surface area contributed by atoms with Crippen LogP contribution in [0.2, 0.25) is 5.02 Å². The topological polar surface area (TPSA) is 29.3 Å². The molecule has 3 heteroatoms. The largest absolute Gasteiger partial charge is 0.374 e. The van der Waals surface area contributed by atoms with Crippen molar-refractivity contribution in [3.63, 3.8) is 0 Å². The molecule has 78 valence electrons. The van der Waals surface area contributed by atoms with E-state index in [2.05, 4.69) is 11.8 Å². The van der Waals surface area contributed by atoms with Crippen molar-refractivity contribution in [2.24, 2.45) is 5.73 Å². The van der Waals surface area contributed by atoms with Crippen LogP contribution in [0.5, 0.6) is 0 Å². The van der Waals surface area contributed by atoms with Gasteiger partial charge in [0.05, 0.1) is 10.7 Å². The van der Waals surface area contributed by atoms with E-state index >= 15 is 0 Å². The van der Waals surface area contributed by atoms with Gasteiger partial charge in [-0.15, -0.1) is 0 Å². The van der Waals surface area contributed by atoms with Crippen molar-refractivity contribution in [1.82, 2.24) is 0 Å². The van der Waals surface area contributed by atoms with E-state index in [1.54, 1.807) is 0 Å². The highest BCUT2D eigenvalue weighted by Gasteiger charge is 2.06. The Kier molecular flexibility index (Phi) is 3.78. The quantitative estimate of drug-likeness (QED) is 0.835. The maximum atomic E-state index is 6.15. The molecule has 0 saturated carbocycles. The van der Waals surface area contributed by atoms with Crippen LogP contribution >= 0.6 is 11.6 Å². The summed E-state index contributed by atoms with van der Waals surface area (Å²) in [6.45, 7) is 4.99. The van der Waals surface area contributed by atoms with E-state index in [4.69, 9.17) is 17.3 Å². The number of nitrogens with zero attached hydrogens (tertiary/aromatic N) is 1. The van der Waals surface area contributed by atoms with Gasteiger partial charge in [-0.3, -0.25) is 0 Å². The molecule has 1 atom stereocenters. The molecule has 0 heterocycles. The highest BCUT2D eigenvalue weighted by atomic mass is 35.5. The lowest BCUT2D eigenvalue weighted by molar-refractivity contribution is 0.817. The van der Waals surface area contributed by atoms with Gasteiger partial charge in [0, 0.05) is 19.6 Å². The van der Waals surface area contributed by atoms with E-state index in [-0.39, 0.29) is 6.04 Å². The van der Waals surface area contributed by atoms with Crippen LogP contribution in [0.15, 0.2) is 18.2 Å². The normalized spacial score (nSPS) is 12.6. The second-order valence-electron chi connectivity index (χ2n) is 3.51. The zero-order valence-corrected chi connectivity index (χ0v) is 9.67. The van der Waals surface area contributed by atoms with Crippen LogP contribution in [0.3, 0.4) is 0 Å². The predicted molar refractivity (Wildman–Crippen MR) is 63.0 cm³/mol. The van der Waals surface area contributed by atoms with Gasteiger partial charge in [0.25, 0.3) is 0 Å². The minimum atomic E-state index is 0.0356. The van der Waals surface area contributed by atoms with Crippen molar-refractivity contribution < 1.29 is 0 Å². The molecule has 0 aliphatic rings. The van der Waals surface area contributed by atoms with Crippen molar-refractivity contribution in [2.75, 3.05) is 18.5 Å². The van der Waals surface area contributed by atoms with Gasteiger partial charge < -0.3 is 10.6 Å². The third kappa shape index (κ3) is 2.40. The number of anilines is 1. The summed E-state index contributed by atoms with van der Waals surface area (Å²) in [5.41, 5.74) is 7.90. The Bertz CT molecular complexity index is 310. The average Bonchev–Trinajstić information content (AvgIpc) is 2.16. The Labute approximate surface area is 90.7 Å². The molecule has 0 bridgehead atoms. The van der Waals surface area contributed by atoms with Gasteiger partial charge in [-0.2, -0.15) is 0 Å². The fourth-order valence-corrected chi connectivity index (χ4v) is 1.62. The number of halogens is 1. The first-order valence-electron chi connectivity index (χ1n) is 4.82. The first-order chi connectivity index (χ1) is 6.56. The SMILES string of the molecule is CCN(C)c1ccc([C@H](C)N)cc1Cl. The van der Waals surface area contributed by atoms with Crippen LogP contribution in [0.4, 0.5) is 5.69 Å². The van der Waals surface area contributed by atoms with Gasteiger partial charge in [0.15, 0.2) is 0 Å². The van der Waals surface area contributed by atoms with Crippen molar-refractivity contribution in [2.45, 2.75) is 19.9 Å². The monoisotopic (exact) mass is 212 g/mol. The summed E-state index contributed by atoms with van der Waals surface area (Å²) < 4.78 is 0. The predicted octanol–water partition coefficient (Wildman–Crippen LogP) is 2.82. The van der Waals surface area contributed by atoms with Gasteiger partial charge in [-0.05, 0) is 31.5 Å². The summed E-state index contributed by atoms with van der Waals surface area (Å²) in [5.74, 6) is 0. The molecule has 2 N–H and O–H groups in total. The Hall–Kier alpha value is -0.730. The van der Waals surface area contributed by atoms with Crippen molar-refractivity contribution >= 4 is 17.3 Å². The Balaban J connectivity index is 3.01. The van der Waals surface area contributed by atoms with E-state index in [1.165, 1.54) is 0 Å². The summed E-state index contributed by atoms with van der Waals surface area (Å²) in [6.07, 6.45) is 0. The van der Waals surface area contributed by atoms with Crippen molar-refractivity contribution in [1.29, 1.82) is 0 Å². The molecule has 0 aliphatic carbocycles. The maximum Gasteiger partial charge on any atom is 0.0642 e. The van der Waals surface area contributed by atoms with E-state index in [0.717, 1.165) is 22.8 Å². The molecule has 0 amide bonds. The van der Waals surface area contributed by atoms with Gasteiger partial charge in [-0.1, -0.05) is 17.7 Å². The summed E-state index contributed by atoms with van der Waals surface area (Å²) in [6, 6.07) is 6.02. The summed E-state index contributed by atoms with van der Waals surface area (Å²) in [7, 11) is 2.02. The van der Waals surface area contributed by atoms with Gasteiger partial charge in [-0.25, -0.2) is 0 Å². The molecule has 0 fully saturated rings. The van der Waals surface area contributed by atoms with Crippen LogP contribution in [0.25, 0.3) is 0 Å². The molecule has 0 spiro atoms. The minimum absolute atomic E-state index is 0.0356. The molecular weight excluding hydrogens is 196 g/mol. The highest BCUT2D eigenvalue weighted by molar-refractivity contribution is 6.33. The molecule has 0 aliphatic heterocycles. The zero-order valence-electron chi connectivity index (χ0n) is 8.92. The Morgan fingerprint density at radius 1 is 1.50 bits per heavy atom. The van der Waals surface area contributed by atoms with Crippen LogP contribution in [0.1, 0.15) is 25.5 Å². The Morgan fingerprint density at radius 3 is 2.57 bits per heavy atom. The molecule has 0 saturated heterocycles. The molecule has 1 aromatic carbocycles. The molecule has 1 aromatic rings. The maximum absolute atomic E-state index is 6.15. The molecule has 2 nitrogen and oxygen atoms in total. The summed E-state index contributed by atoms with van der Waals surface area (Å²) in [4.78, 5) is 2.10. The lowest BCUT2D eigenvalue weighted by atomic mass is 10.1. The fourth-order valence-electron chi connectivity index (χ4n) is 1.29.